The third-order valence-corrected chi connectivity index (χ3v) is 4.44. The topological polar surface area (TPSA) is 41.1 Å². The fraction of sp³-hybridized carbons (Fsp3) is 0.611. The van der Waals surface area contributed by atoms with Crippen LogP contribution in [0.2, 0.25) is 0 Å². The van der Waals surface area contributed by atoms with E-state index in [1.165, 1.54) is 5.56 Å². The number of amides is 1. The van der Waals surface area contributed by atoms with Crippen molar-refractivity contribution in [3.8, 4) is 0 Å². The number of rotatable bonds is 7. The third kappa shape index (κ3) is 3.85. The first kappa shape index (κ1) is 16.0. The lowest BCUT2D eigenvalue weighted by Crippen LogP contribution is -2.54. The highest BCUT2D eigenvalue weighted by Gasteiger charge is 2.40. The Balaban J connectivity index is 2.10. The van der Waals surface area contributed by atoms with Gasteiger partial charge in [-0.25, -0.2) is 0 Å². The first-order valence-electron chi connectivity index (χ1n) is 8.33. The summed E-state index contributed by atoms with van der Waals surface area (Å²) in [6.07, 6.45) is 6.06. The van der Waals surface area contributed by atoms with Crippen molar-refractivity contribution in [2.75, 3.05) is 6.54 Å². The smallest absolute Gasteiger partial charge is 0.240 e. The van der Waals surface area contributed by atoms with Gasteiger partial charge in [0.15, 0.2) is 0 Å². The van der Waals surface area contributed by atoms with Crippen molar-refractivity contribution in [3.05, 3.63) is 35.9 Å². The van der Waals surface area contributed by atoms with Crippen LogP contribution >= 0.6 is 0 Å². The van der Waals surface area contributed by atoms with Crippen molar-refractivity contribution in [1.29, 1.82) is 0 Å². The molecule has 1 fully saturated rings. The minimum atomic E-state index is -0.338. The van der Waals surface area contributed by atoms with E-state index in [4.69, 9.17) is 0 Å². The lowest BCUT2D eigenvalue weighted by molar-refractivity contribution is -0.128. The molecule has 1 aromatic carbocycles. The van der Waals surface area contributed by atoms with Crippen LogP contribution in [-0.2, 0) is 4.79 Å². The maximum atomic E-state index is 12.8. The second-order valence-electron chi connectivity index (χ2n) is 6.09. The van der Waals surface area contributed by atoms with Crippen molar-refractivity contribution in [2.45, 2.75) is 64.0 Å². The molecule has 21 heavy (non-hydrogen) atoms. The lowest BCUT2D eigenvalue weighted by Gasteiger charge is -2.30. The summed E-state index contributed by atoms with van der Waals surface area (Å²) >= 11 is 0. The third-order valence-electron chi connectivity index (χ3n) is 4.44. The Labute approximate surface area is 128 Å². The largest absolute Gasteiger partial charge is 0.348 e. The van der Waals surface area contributed by atoms with Gasteiger partial charge in [-0.05, 0) is 37.8 Å². The molecule has 0 saturated carbocycles. The van der Waals surface area contributed by atoms with E-state index in [-0.39, 0.29) is 17.5 Å². The number of nitrogens with one attached hydrogen (secondary N) is 2. The van der Waals surface area contributed by atoms with Crippen molar-refractivity contribution < 1.29 is 4.79 Å². The summed E-state index contributed by atoms with van der Waals surface area (Å²) in [6, 6.07) is 10.4. The zero-order chi connectivity index (χ0) is 15.1. The predicted octanol–water partition coefficient (Wildman–Crippen LogP) is 3.57. The van der Waals surface area contributed by atoms with Gasteiger partial charge >= 0.3 is 0 Å². The van der Waals surface area contributed by atoms with Crippen LogP contribution in [0.1, 0.15) is 64.0 Å². The molecule has 0 aromatic heterocycles. The van der Waals surface area contributed by atoms with Crippen LogP contribution in [0, 0.1) is 0 Å². The second kappa shape index (κ2) is 7.60. The average molecular weight is 288 g/mol. The number of carbonyl (C=O) groups excluding carboxylic acids is 1. The first-order valence-corrected chi connectivity index (χ1v) is 8.33. The molecule has 2 rings (SSSR count). The van der Waals surface area contributed by atoms with E-state index < -0.39 is 0 Å². The fourth-order valence-electron chi connectivity index (χ4n) is 3.35. The predicted molar refractivity (Wildman–Crippen MR) is 87.1 cm³/mol. The highest BCUT2D eigenvalue weighted by molar-refractivity contribution is 5.87. The molecule has 3 heteroatoms. The van der Waals surface area contributed by atoms with Crippen LogP contribution in [0.5, 0.6) is 0 Å². The Hall–Kier alpha value is -1.35. The maximum absolute atomic E-state index is 12.8. The van der Waals surface area contributed by atoms with Gasteiger partial charge in [-0.1, -0.05) is 57.0 Å². The van der Waals surface area contributed by atoms with Gasteiger partial charge < -0.3 is 10.6 Å². The van der Waals surface area contributed by atoms with Gasteiger partial charge in [0.1, 0.15) is 0 Å². The summed E-state index contributed by atoms with van der Waals surface area (Å²) in [7, 11) is 0. The molecule has 2 atom stereocenters. The van der Waals surface area contributed by atoms with Crippen LogP contribution in [0.25, 0.3) is 0 Å². The number of hydrogen-bond acceptors (Lipinski definition) is 2. The van der Waals surface area contributed by atoms with Crippen molar-refractivity contribution in [2.24, 2.45) is 0 Å². The highest BCUT2D eigenvalue weighted by atomic mass is 16.2. The first-order chi connectivity index (χ1) is 10.2. The molecular formula is C18H28N2O. The molecule has 1 aliphatic rings. The molecule has 1 aliphatic heterocycles. The molecule has 0 radical (unpaired) electrons. The Morgan fingerprint density at radius 3 is 2.62 bits per heavy atom. The van der Waals surface area contributed by atoms with E-state index in [9.17, 15) is 4.79 Å². The minimum Gasteiger partial charge on any atom is -0.348 e. The SMILES string of the molecule is CCCC(NC(=O)C1(CCC)CCCN1)c1ccccc1. The molecule has 0 spiro atoms. The van der Waals surface area contributed by atoms with E-state index >= 15 is 0 Å². The van der Waals surface area contributed by atoms with E-state index in [0.29, 0.717) is 0 Å². The van der Waals surface area contributed by atoms with Crippen LogP contribution < -0.4 is 10.6 Å². The molecule has 2 unspecified atom stereocenters. The summed E-state index contributed by atoms with van der Waals surface area (Å²) in [5.41, 5.74) is 0.868. The van der Waals surface area contributed by atoms with Crippen molar-refractivity contribution >= 4 is 5.91 Å². The Morgan fingerprint density at radius 1 is 1.29 bits per heavy atom. The number of benzene rings is 1. The molecular weight excluding hydrogens is 260 g/mol. The summed E-state index contributed by atoms with van der Waals surface area (Å²) in [6.45, 7) is 5.27. The zero-order valence-electron chi connectivity index (χ0n) is 13.3. The minimum absolute atomic E-state index is 0.125. The quantitative estimate of drug-likeness (QED) is 0.805. The van der Waals surface area contributed by atoms with Gasteiger partial charge in [0.2, 0.25) is 5.91 Å². The van der Waals surface area contributed by atoms with E-state index in [0.717, 1.165) is 45.1 Å². The van der Waals surface area contributed by atoms with Gasteiger partial charge in [0.25, 0.3) is 0 Å². The lowest BCUT2D eigenvalue weighted by atomic mass is 9.90. The van der Waals surface area contributed by atoms with E-state index in [2.05, 4.69) is 36.6 Å². The second-order valence-corrected chi connectivity index (χ2v) is 6.09. The number of hydrogen-bond donors (Lipinski definition) is 2. The van der Waals surface area contributed by atoms with Crippen LogP contribution in [0.3, 0.4) is 0 Å². The Kier molecular flexibility index (Phi) is 5.80. The van der Waals surface area contributed by atoms with Gasteiger partial charge in [-0.3, -0.25) is 4.79 Å². The summed E-state index contributed by atoms with van der Waals surface area (Å²) in [5, 5.41) is 6.76. The normalized spacial score (nSPS) is 23.0. The maximum Gasteiger partial charge on any atom is 0.240 e. The molecule has 1 amide bonds. The fourth-order valence-corrected chi connectivity index (χ4v) is 3.35. The van der Waals surface area contributed by atoms with E-state index in [1.54, 1.807) is 0 Å². The Bertz CT molecular complexity index is 438. The molecule has 1 saturated heterocycles. The molecule has 116 valence electrons. The Morgan fingerprint density at radius 2 is 2.05 bits per heavy atom. The zero-order valence-corrected chi connectivity index (χ0v) is 13.3. The van der Waals surface area contributed by atoms with Gasteiger partial charge in [-0.2, -0.15) is 0 Å². The van der Waals surface area contributed by atoms with E-state index in [1.807, 2.05) is 18.2 Å². The summed E-state index contributed by atoms with van der Waals surface area (Å²) in [5.74, 6) is 0.184. The molecule has 2 N–H and O–H groups in total. The highest BCUT2D eigenvalue weighted by Crippen LogP contribution is 2.27. The van der Waals surface area contributed by atoms with Crippen LogP contribution in [0.4, 0.5) is 0 Å². The van der Waals surface area contributed by atoms with Crippen molar-refractivity contribution in [1.82, 2.24) is 10.6 Å². The average Bonchev–Trinajstić information content (AvgIpc) is 2.98. The monoisotopic (exact) mass is 288 g/mol. The van der Waals surface area contributed by atoms with Crippen LogP contribution in [0.15, 0.2) is 30.3 Å². The molecule has 0 bridgehead atoms. The van der Waals surface area contributed by atoms with Crippen LogP contribution in [-0.4, -0.2) is 18.0 Å². The van der Waals surface area contributed by atoms with Gasteiger partial charge in [0.05, 0.1) is 11.6 Å². The number of carbonyl (C=O) groups is 1. The molecule has 1 aromatic rings. The summed E-state index contributed by atoms with van der Waals surface area (Å²) < 4.78 is 0. The van der Waals surface area contributed by atoms with Gasteiger partial charge in [0, 0.05) is 0 Å². The molecule has 3 nitrogen and oxygen atoms in total. The van der Waals surface area contributed by atoms with Gasteiger partial charge in [-0.15, -0.1) is 0 Å². The standard InChI is InChI=1S/C18H28N2O/c1-3-9-16(15-10-6-5-7-11-15)20-17(21)18(12-4-2)13-8-14-19-18/h5-7,10-11,16,19H,3-4,8-9,12-14H2,1-2H3,(H,20,21). The summed E-state index contributed by atoms with van der Waals surface area (Å²) in [4.78, 5) is 12.8. The molecule has 1 heterocycles. The van der Waals surface area contributed by atoms with Crippen molar-refractivity contribution in [3.63, 3.8) is 0 Å². The molecule has 0 aliphatic carbocycles.